The topological polar surface area (TPSA) is 56.9 Å². The molecule has 0 unspecified atom stereocenters. The second kappa shape index (κ2) is 10.3. The van der Waals surface area contributed by atoms with Crippen LogP contribution in [0.1, 0.15) is 56.3 Å². The van der Waals surface area contributed by atoms with Gasteiger partial charge in [0, 0.05) is 33.3 Å². The highest BCUT2D eigenvalue weighted by Gasteiger charge is 2.22. The highest BCUT2D eigenvalue weighted by atomic mass is 32.2. The summed E-state index contributed by atoms with van der Waals surface area (Å²) in [6.07, 6.45) is 7.20. The van der Waals surface area contributed by atoms with E-state index >= 15 is 0 Å². The molecule has 1 aliphatic rings. The second-order valence-corrected chi connectivity index (χ2v) is 12.1. The minimum absolute atomic E-state index is 0.00150. The van der Waals surface area contributed by atoms with E-state index in [0.29, 0.717) is 11.7 Å². The minimum atomic E-state index is -0.00150. The first kappa shape index (κ1) is 24.3. The zero-order valence-corrected chi connectivity index (χ0v) is 22.6. The molecule has 0 N–H and O–H groups in total. The third kappa shape index (κ3) is 4.71. The number of nitrogens with zero attached hydrogens (tertiary/aromatic N) is 3. The van der Waals surface area contributed by atoms with Crippen LogP contribution in [0.25, 0.3) is 10.2 Å². The van der Waals surface area contributed by atoms with Crippen molar-refractivity contribution in [3.05, 3.63) is 78.9 Å². The summed E-state index contributed by atoms with van der Waals surface area (Å²) < 4.78 is 3.88. The predicted molar refractivity (Wildman–Crippen MR) is 148 cm³/mol. The van der Waals surface area contributed by atoms with Gasteiger partial charge >= 0.3 is 0 Å². The number of thioether (sulfide) groups is 1. The van der Waals surface area contributed by atoms with E-state index in [1.165, 1.54) is 39.9 Å². The molecule has 0 spiro atoms. The van der Waals surface area contributed by atoms with E-state index in [9.17, 15) is 9.59 Å². The van der Waals surface area contributed by atoms with Gasteiger partial charge in [0.05, 0.1) is 17.7 Å². The van der Waals surface area contributed by atoms with Crippen molar-refractivity contribution in [1.82, 2.24) is 14.1 Å². The number of hydrogen-bond donors (Lipinski definition) is 0. The molecule has 0 amide bonds. The highest BCUT2D eigenvalue weighted by molar-refractivity contribution is 7.99. The van der Waals surface area contributed by atoms with Crippen LogP contribution >= 0.6 is 34.4 Å². The Kier molecular flexibility index (Phi) is 7.14. The van der Waals surface area contributed by atoms with Crippen LogP contribution in [0.15, 0.2) is 46.2 Å². The number of carbonyl (C=O) groups is 1. The molecular weight excluding hydrogens is 495 g/mol. The molecule has 182 valence electrons. The van der Waals surface area contributed by atoms with Crippen LogP contribution in [0.3, 0.4) is 0 Å². The first-order valence-electron chi connectivity index (χ1n) is 12.0. The van der Waals surface area contributed by atoms with Gasteiger partial charge < -0.3 is 4.57 Å². The Balaban J connectivity index is 1.43. The largest absolute Gasteiger partial charge is 0.343 e. The fourth-order valence-corrected chi connectivity index (χ4v) is 7.78. The van der Waals surface area contributed by atoms with Gasteiger partial charge in [0.15, 0.2) is 10.9 Å². The summed E-state index contributed by atoms with van der Waals surface area (Å²) in [5.74, 6) is 0.297. The Morgan fingerprint density at radius 2 is 2.06 bits per heavy atom. The second-order valence-electron chi connectivity index (χ2n) is 9.01. The van der Waals surface area contributed by atoms with Crippen LogP contribution < -0.4 is 5.56 Å². The highest BCUT2D eigenvalue weighted by Crippen LogP contribution is 2.34. The molecule has 0 aromatic carbocycles. The van der Waals surface area contributed by atoms with Gasteiger partial charge in [-0.05, 0) is 62.6 Å². The third-order valence-corrected chi connectivity index (χ3v) is 9.73. The fraction of sp³-hybridized carbons (Fsp3) is 0.370. The summed E-state index contributed by atoms with van der Waals surface area (Å²) in [4.78, 5) is 35.1. The Morgan fingerprint density at radius 1 is 1.23 bits per heavy atom. The van der Waals surface area contributed by atoms with Gasteiger partial charge in [0.1, 0.15) is 4.83 Å². The van der Waals surface area contributed by atoms with Crippen molar-refractivity contribution in [2.75, 3.05) is 5.75 Å². The number of rotatable bonds is 8. The van der Waals surface area contributed by atoms with Gasteiger partial charge in [-0.25, -0.2) is 4.98 Å². The summed E-state index contributed by atoms with van der Waals surface area (Å²) in [5, 5.41) is 3.45. The summed E-state index contributed by atoms with van der Waals surface area (Å²) in [6.45, 7) is 9.06. The molecule has 0 fully saturated rings. The lowest BCUT2D eigenvalue weighted by Gasteiger charge is -2.11. The lowest BCUT2D eigenvalue weighted by Crippen LogP contribution is -2.23. The molecule has 5 rings (SSSR count). The molecule has 0 atom stereocenters. The molecule has 5 nitrogen and oxygen atoms in total. The molecule has 0 bridgehead atoms. The maximum absolute atomic E-state index is 13.5. The monoisotopic (exact) mass is 523 g/mol. The molecule has 0 aliphatic heterocycles. The molecule has 0 saturated heterocycles. The maximum atomic E-state index is 13.5. The average Bonchev–Trinajstić information content (AvgIpc) is 3.50. The van der Waals surface area contributed by atoms with Crippen LogP contribution in [0, 0.1) is 13.8 Å². The van der Waals surface area contributed by atoms with Crippen LogP contribution in [0.2, 0.25) is 0 Å². The van der Waals surface area contributed by atoms with E-state index in [-0.39, 0.29) is 17.1 Å². The van der Waals surface area contributed by atoms with E-state index < -0.39 is 0 Å². The standard InChI is InChI=1S/C27H29N3O2S3/c1-4-12-29-26(32)24-20-10-6-5-7-11-23(20)35-25(24)28-27(29)34-16-22(31)21-14-17(2)30(18(21)3)15-19-9-8-13-33-19/h4,8-9,13-14H,1,5-7,10-12,15-16H2,2-3H3. The van der Waals surface area contributed by atoms with E-state index in [2.05, 4.69) is 28.7 Å². The number of thiophene rings is 2. The molecule has 0 saturated carbocycles. The molecule has 35 heavy (non-hydrogen) atoms. The lowest BCUT2D eigenvalue weighted by molar-refractivity contribution is 0.102. The first-order chi connectivity index (χ1) is 17.0. The lowest BCUT2D eigenvalue weighted by atomic mass is 10.1. The van der Waals surface area contributed by atoms with Crippen molar-refractivity contribution < 1.29 is 4.79 Å². The number of Topliss-reactive ketones (excluding diaryl/α,β-unsaturated/α-hetero) is 1. The number of carbonyl (C=O) groups excluding carboxylic acids is 1. The van der Waals surface area contributed by atoms with E-state index in [0.717, 1.165) is 53.0 Å². The molecule has 1 aliphatic carbocycles. The average molecular weight is 524 g/mol. The Labute approximate surface area is 217 Å². The summed E-state index contributed by atoms with van der Waals surface area (Å²) in [6, 6.07) is 6.15. The van der Waals surface area contributed by atoms with E-state index in [1.807, 2.05) is 19.9 Å². The van der Waals surface area contributed by atoms with Gasteiger partial charge in [-0.1, -0.05) is 30.3 Å². The van der Waals surface area contributed by atoms with Gasteiger partial charge in [0.2, 0.25) is 0 Å². The Hall–Kier alpha value is -2.42. The normalized spacial score (nSPS) is 13.7. The summed E-state index contributed by atoms with van der Waals surface area (Å²) >= 11 is 4.73. The van der Waals surface area contributed by atoms with Crippen molar-refractivity contribution in [1.29, 1.82) is 0 Å². The van der Waals surface area contributed by atoms with Crippen LogP contribution in [-0.2, 0) is 25.9 Å². The van der Waals surface area contributed by atoms with Crippen LogP contribution in [0.4, 0.5) is 0 Å². The van der Waals surface area contributed by atoms with Gasteiger partial charge in [-0.15, -0.1) is 29.3 Å². The smallest absolute Gasteiger partial charge is 0.263 e. The van der Waals surface area contributed by atoms with E-state index in [4.69, 9.17) is 4.98 Å². The maximum Gasteiger partial charge on any atom is 0.263 e. The number of hydrogen-bond acceptors (Lipinski definition) is 6. The van der Waals surface area contributed by atoms with Crippen molar-refractivity contribution in [2.45, 2.75) is 64.2 Å². The Bertz CT molecular complexity index is 1460. The fourth-order valence-electron chi connectivity index (χ4n) is 4.89. The summed E-state index contributed by atoms with van der Waals surface area (Å²) in [7, 11) is 0. The third-order valence-electron chi connectivity index (χ3n) is 6.70. The van der Waals surface area contributed by atoms with Gasteiger partial charge in [0.25, 0.3) is 5.56 Å². The van der Waals surface area contributed by atoms with Crippen molar-refractivity contribution in [3.63, 3.8) is 0 Å². The van der Waals surface area contributed by atoms with Gasteiger partial charge in [-0.2, -0.15) is 0 Å². The number of ketones is 1. The number of fused-ring (bicyclic) bond motifs is 3. The zero-order valence-electron chi connectivity index (χ0n) is 20.1. The van der Waals surface area contributed by atoms with Gasteiger partial charge in [-0.3, -0.25) is 14.2 Å². The quantitative estimate of drug-likeness (QED) is 0.0880. The van der Waals surface area contributed by atoms with Crippen molar-refractivity contribution in [2.24, 2.45) is 0 Å². The molecule has 4 aromatic heterocycles. The number of aromatic nitrogens is 3. The SMILES string of the molecule is C=CCn1c(SCC(=O)c2cc(C)n(Cc3cccs3)c2C)nc2sc3c(c2c1=O)CCCCC3. The minimum Gasteiger partial charge on any atom is -0.343 e. The van der Waals surface area contributed by atoms with Crippen LogP contribution in [-0.4, -0.2) is 25.7 Å². The molecule has 8 heteroatoms. The summed E-state index contributed by atoms with van der Waals surface area (Å²) in [5.41, 5.74) is 4.00. The molecule has 4 heterocycles. The first-order valence-corrected chi connectivity index (χ1v) is 14.7. The molecule has 0 radical (unpaired) electrons. The Morgan fingerprint density at radius 3 is 2.83 bits per heavy atom. The van der Waals surface area contributed by atoms with Crippen LogP contribution in [0.5, 0.6) is 0 Å². The molecule has 4 aromatic rings. The van der Waals surface area contributed by atoms with Crippen molar-refractivity contribution in [3.8, 4) is 0 Å². The van der Waals surface area contributed by atoms with Crippen molar-refractivity contribution >= 4 is 50.4 Å². The predicted octanol–water partition coefficient (Wildman–Crippen LogP) is 6.42. The van der Waals surface area contributed by atoms with E-state index in [1.54, 1.807) is 33.3 Å². The number of aryl methyl sites for hydroxylation is 3. The molecular formula is C27H29N3O2S3. The number of allylic oxidation sites excluding steroid dienone is 1. The zero-order chi connectivity index (χ0) is 24.5.